The van der Waals surface area contributed by atoms with Crippen LogP contribution in [-0.4, -0.2) is 42.5 Å². The number of hydrogen-bond donors (Lipinski definition) is 1. The number of para-hydroxylation sites is 2. The molecule has 0 saturated heterocycles. The molecule has 0 aromatic heterocycles. The number of nitrogens with zero attached hydrogens (tertiary/aromatic N) is 1. The molecule has 2 aromatic rings. The lowest BCUT2D eigenvalue weighted by Crippen LogP contribution is -2.50. The standard InChI is InChI=1S/C24H32N2O4/c1-6-18(3)25-24(28)19(4)26(15-20-13-11-17(2)12-14-20)23(27)16-30-22-10-8-7-9-21(22)29-5/h7-14,18-19H,6,15-16H2,1-5H3,(H,25,28)/t18-,19-/m0/s1. The third kappa shape index (κ3) is 6.51. The van der Waals surface area contributed by atoms with Gasteiger partial charge in [0.1, 0.15) is 6.04 Å². The van der Waals surface area contributed by atoms with Gasteiger partial charge in [0.05, 0.1) is 7.11 Å². The number of rotatable bonds is 10. The van der Waals surface area contributed by atoms with Crippen LogP contribution < -0.4 is 14.8 Å². The van der Waals surface area contributed by atoms with Gasteiger partial charge in [-0.25, -0.2) is 0 Å². The van der Waals surface area contributed by atoms with Crippen LogP contribution in [0.2, 0.25) is 0 Å². The fourth-order valence-electron chi connectivity index (χ4n) is 2.90. The van der Waals surface area contributed by atoms with Crippen LogP contribution in [0.5, 0.6) is 11.5 Å². The SMILES string of the molecule is CC[C@H](C)NC(=O)[C@H](C)N(Cc1ccc(C)cc1)C(=O)COc1ccccc1OC. The van der Waals surface area contributed by atoms with Crippen molar-refractivity contribution in [2.45, 2.75) is 52.7 Å². The zero-order valence-corrected chi connectivity index (χ0v) is 18.5. The number of benzene rings is 2. The Morgan fingerprint density at radius 1 is 1.03 bits per heavy atom. The number of amides is 2. The average molecular weight is 413 g/mol. The van der Waals surface area contributed by atoms with E-state index in [1.165, 1.54) is 0 Å². The number of carbonyl (C=O) groups excluding carboxylic acids is 2. The van der Waals surface area contributed by atoms with E-state index in [9.17, 15) is 9.59 Å². The first-order valence-electron chi connectivity index (χ1n) is 10.3. The first-order valence-corrected chi connectivity index (χ1v) is 10.3. The fourth-order valence-corrected chi connectivity index (χ4v) is 2.90. The van der Waals surface area contributed by atoms with Crippen molar-refractivity contribution in [2.75, 3.05) is 13.7 Å². The van der Waals surface area contributed by atoms with E-state index in [2.05, 4.69) is 5.32 Å². The quantitative estimate of drug-likeness (QED) is 0.646. The van der Waals surface area contributed by atoms with Crippen LogP contribution in [0.4, 0.5) is 0 Å². The van der Waals surface area contributed by atoms with Crippen LogP contribution >= 0.6 is 0 Å². The van der Waals surface area contributed by atoms with Gasteiger partial charge >= 0.3 is 0 Å². The molecule has 0 heterocycles. The predicted octanol–water partition coefficient (Wildman–Crippen LogP) is 3.71. The van der Waals surface area contributed by atoms with Crippen molar-refractivity contribution in [3.63, 3.8) is 0 Å². The zero-order chi connectivity index (χ0) is 22.1. The molecule has 30 heavy (non-hydrogen) atoms. The van der Waals surface area contributed by atoms with Crippen molar-refractivity contribution in [1.82, 2.24) is 10.2 Å². The molecule has 6 heteroatoms. The van der Waals surface area contributed by atoms with E-state index < -0.39 is 6.04 Å². The van der Waals surface area contributed by atoms with E-state index >= 15 is 0 Å². The monoisotopic (exact) mass is 412 g/mol. The molecule has 6 nitrogen and oxygen atoms in total. The van der Waals surface area contributed by atoms with Gasteiger partial charge in [0, 0.05) is 12.6 Å². The van der Waals surface area contributed by atoms with Crippen LogP contribution in [0.3, 0.4) is 0 Å². The second-order valence-electron chi connectivity index (χ2n) is 7.44. The molecule has 2 atom stereocenters. The summed E-state index contributed by atoms with van der Waals surface area (Å²) in [5.74, 6) is 0.591. The summed E-state index contributed by atoms with van der Waals surface area (Å²) < 4.78 is 11.0. The summed E-state index contributed by atoms with van der Waals surface area (Å²) in [6, 6.07) is 14.5. The largest absolute Gasteiger partial charge is 0.493 e. The van der Waals surface area contributed by atoms with Crippen molar-refractivity contribution in [3.8, 4) is 11.5 Å². The first-order chi connectivity index (χ1) is 14.3. The normalized spacial score (nSPS) is 12.6. The number of nitrogens with one attached hydrogen (secondary N) is 1. The Labute approximate surface area is 179 Å². The van der Waals surface area contributed by atoms with Gasteiger partial charge in [-0.05, 0) is 44.9 Å². The second kappa shape index (κ2) is 11.2. The molecule has 0 unspecified atom stereocenters. The van der Waals surface area contributed by atoms with Crippen molar-refractivity contribution < 1.29 is 19.1 Å². The lowest BCUT2D eigenvalue weighted by Gasteiger charge is -2.29. The van der Waals surface area contributed by atoms with E-state index in [-0.39, 0.29) is 24.5 Å². The minimum absolute atomic E-state index is 0.0427. The molecular formula is C24H32N2O4. The molecule has 1 N–H and O–H groups in total. The molecule has 0 radical (unpaired) electrons. The van der Waals surface area contributed by atoms with Crippen LogP contribution in [0.15, 0.2) is 48.5 Å². The smallest absolute Gasteiger partial charge is 0.261 e. The highest BCUT2D eigenvalue weighted by molar-refractivity contribution is 5.88. The number of aryl methyl sites for hydroxylation is 1. The Morgan fingerprint density at radius 2 is 1.67 bits per heavy atom. The zero-order valence-electron chi connectivity index (χ0n) is 18.5. The van der Waals surface area contributed by atoms with E-state index in [0.29, 0.717) is 18.0 Å². The second-order valence-corrected chi connectivity index (χ2v) is 7.44. The highest BCUT2D eigenvalue weighted by atomic mass is 16.5. The van der Waals surface area contributed by atoms with E-state index in [0.717, 1.165) is 17.5 Å². The average Bonchev–Trinajstić information content (AvgIpc) is 2.76. The lowest BCUT2D eigenvalue weighted by atomic mass is 10.1. The van der Waals surface area contributed by atoms with Crippen molar-refractivity contribution >= 4 is 11.8 Å². The summed E-state index contributed by atoms with van der Waals surface area (Å²) in [4.78, 5) is 27.3. The number of ether oxygens (including phenoxy) is 2. The lowest BCUT2D eigenvalue weighted by molar-refractivity contribution is -0.142. The van der Waals surface area contributed by atoms with Gasteiger partial charge < -0.3 is 19.7 Å². The Hall–Kier alpha value is -3.02. The minimum atomic E-state index is -0.630. The van der Waals surface area contributed by atoms with Gasteiger partial charge in [-0.1, -0.05) is 48.9 Å². The molecule has 2 amide bonds. The summed E-state index contributed by atoms with van der Waals surface area (Å²) in [6.07, 6.45) is 0.821. The predicted molar refractivity (Wildman–Crippen MR) is 118 cm³/mol. The van der Waals surface area contributed by atoms with Gasteiger partial charge in [0.25, 0.3) is 5.91 Å². The van der Waals surface area contributed by atoms with E-state index in [4.69, 9.17) is 9.47 Å². The van der Waals surface area contributed by atoms with Crippen LogP contribution in [0.25, 0.3) is 0 Å². The van der Waals surface area contributed by atoms with Gasteiger partial charge in [0.15, 0.2) is 18.1 Å². The van der Waals surface area contributed by atoms with Gasteiger partial charge in [0.2, 0.25) is 5.91 Å². The molecular weight excluding hydrogens is 380 g/mol. The summed E-state index contributed by atoms with van der Waals surface area (Å²) in [7, 11) is 1.55. The van der Waals surface area contributed by atoms with Crippen molar-refractivity contribution in [3.05, 3.63) is 59.7 Å². The molecule has 0 aliphatic heterocycles. The summed E-state index contributed by atoms with van der Waals surface area (Å²) >= 11 is 0. The summed E-state index contributed by atoms with van der Waals surface area (Å²) in [5, 5.41) is 2.96. The van der Waals surface area contributed by atoms with Gasteiger partial charge in [-0.2, -0.15) is 0 Å². The maximum Gasteiger partial charge on any atom is 0.261 e. The van der Waals surface area contributed by atoms with Gasteiger partial charge in [-0.15, -0.1) is 0 Å². The highest BCUT2D eigenvalue weighted by Crippen LogP contribution is 2.25. The highest BCUT2D eigenvalue weighted by Gasteiger charge is 2.27. The molecule has 0 fully saturated rings. The van der Waals surface area contributed by atoms with Crippen LogP contribution in [-0.2, 0) is 16.1 Å². The molecule has 0 bridgehead atoms. The number of methoxy groups -OCH3 is 1. The van der Waals surface area contributed by atoms with Crippen LogP contribution in [0.1, 0.15) is 38.3 Å². The Balaban J connectivity index is 2.17. The Morgan fingerprint density at radius 3 is 2.27 bits per heavy atom. The van der Waals surface area contributed by atoms with Crippen LogP contribution in [0, 0.1) is 6.92 Å². The molecule has 0 aliphatic rings. The molecule has 0 spiro atoms. The molecule has 2 rings (SSSR count). The fraction of sp³-hybridized carbons (Fsp3) is 0.417. The first kappa shape index (κ1) is 23.3. The Kier molecular flexibility index (Phi) is 8.71. The van der Waals surface area contributed by atoms with E-state index in [1.54, 1.807) is 31.1 Å². The maximum atomic E-state index is 13.1. The molecule has 162 valence electrons. The molecule has 0 saturated carbocycles. The topological polar surface area (TPSA) is 67.9 Å². The van der Waals surface area contributed by atoms with Crippen molar-refractivity contribution in [1.29, 1.82) is 0 Å². The third-order valence-electron chi connectivity index (χ3n) is 5.06. The number of carbonyl (C=O) groups is 2. The third-order valence-corrected chi connectivity index (χ3v) is 5.06. The summed E-state index contributed by atoms with van der Waals surface area (Å²) in [5.41, 5.74) is 2.09. The minimum Gasteiger partial charge on any atom is -0.493 e. The molecule has 2 aromatic carbocycles. The maximum absolute atomic E-state index is 13.1. The summed E-state index contributed by atoms with van der Waals surface area (Å²) in [6.45, 7) is 7.84. The Bertz CT molecular complexity index is 835. The number of hydrogen-bond acceptors (Lipinski definition) is 4. The van der Waals surface area contributed by atoms with E-state index in [1.807, 2.05) is 57.2 Å². The van der Waals surface area contributed by atoms with Gasteiger partial charge in [-0.3, -0.25) is 9.59 Å². The molecule has 0 aliphatic carbocycles. The van der Waals surface area contributed by atoms with Crippen molar-refractivity contribution in [2.24, 2.45) is 0 Å².